The van der Waals surface area contributed by atoms with Crippen LogP contribution >= 0.6 is 0 Å². The molecule has 196 valence electrons. The highest BCUT2D eigenvalue weighted by Gasteiger charge is 2.56. The van der Waals surface area contributed by atoms with Crippen LogP contribution in [0.5, 0.6) is 0 Å². The molecule has 0 aromatic heterocycles. The van der Waals surface area contributed by atoms with E-state index >= 15 is 0 Å². The predicted octanol–water partition coefficient (Wildman–Crippen LogP) is -0.596. The van der Waals surface area contributed by atoms with Gasteiger partial charge in [-0.05, 0) is 6.92 Å². The molecule has 0 aromatic carbocycles. The van der Waals surface area contributed by atoms with Crippen molar-refractivity contribution in [3.8, 4) is 0 Å². The third-order valence-corrected chi connectivity index (χ3v) is 7.55. The summed E-state index contributed by atoms with van der Waals surface area (Å²) in [4.78, 5) is 13.1. The molecule has 0 bridgehead atoms. The number of aliphatic hydroxyl groups is 4. The summed E-state index contributed by atoms with van der Waals surface area (Å²) in [5, 5.41) is 43.8. The Morgan fingerprint density at radius 3 is 2.53 bits per heavy atom. The lowest BCUT2D eigenvalue weighted by Gasteiger charge is -2.53. The van der Waals surface area contributed by atoms with Gasteiger partial charge < -0.3 is 49.4 Å². The lowest BCUT2D eigenvalue weighted by Crippen LogP contribution is -2.69. The first-order chi connectivity index (χ1) is 15.9. The zero-order valence-electron chi connectivity index (χ0n) is 20.5. The molecule has 3 aliphatic heterocycles. The van der Waals surface area contributed by atoms with Gasteiger partial charge in [0.25, 0.3) is 5.91 Å². The minimum absolute atomic E-state index is 0.0322. The second-order valence-electron chi connectivity index (χ2n) is 10.1. The molecule has 0 aromatic rings. The minimum Gasteiger partial charge on any atom is -0.394 e. The Morgan fingerprint density at radius 2 is 1.94 bits per heavy atom. The third-order valence-electron chi connectivity index (χ3n) is 7.55. The molecule has 0 aliphatic carbocycles. The second-order valence-corrected chi connectivity index (χ2v) is 10.1. The Kier molecular flexibility index (Phi) is 8.44. The molecule has 1 amide bonds. The lowest BCUT2D eigenvalue weighted by atomic mass is 9.72. The number of aliphatic hydroxyl groups excluding tert-OH is 4. The molecule has 0 spiro atoms. The number of carbonyl (C=O) groups excluding carboxylic acids is 1. The molecule has 3 aliphatic rings. The summed E-state index contributed by atoms with van der Waals surface area (Å²) in [5.74, 6) is -2.39. The number of methoxy groups -OCH3 is 1. The Labute approximate surface area is 200 Å². The monoisotopic (exact) mass is 489 g/mol. The van der Waals surface area contributed by atoms with Gasteiger partial charge in [0.15, 0.2) is 12.3 Å². The quantitative estimate of drug-likeness (QED) is 0.293. The summed E-state index contributed by atoms with van der Waals surface area (Å²) in [7, 11) is 1.35. The molecule has 3 fully saturated rings. The number of hydrogen-bond donors (Lipinski definition) is 5. The van der Waals surface area contributed by atoms with Crippen molar-refractivity contribution in [1.29, 1.82) is 0 Å². The molecule has 34 heavy (non-hydrogen) atoms. The average molecular weight is 490 g/mol. The molecule has 0 radical (unpaired) electrons. The van der Waals surface area contributed by atoms with Crippen LogP contribution in [0.2, 0.25) is 0 Å². The van der Waals surface area contributed by atoms with E-state index in [2.05, 4.69) is 11.9 Å². The molecule has 3 saturated heterocycles. The maximum absolute atomic E-state index is 13.1. The van der Waals surface area contributed by atoms with Gasteiger partial charge in [-0.1, -0.05) is 32.9 Å². The highest BCUT2D eigenvalue weighted by atomic mass is 16.7. The van der Waals surface area contributed by atoms with Crippen molar-refractivity contribution in [3.05, 3.63) is 12.2 Å². The lowest BCUT2D eigenvalue weighted by molar-refractivity contribution is -0.330. The van der Waals surface area contributed by atoms with Crippen LogP contribution in [0.1, 0.15) is 40.5 Å². The van der Waals surface area contributed by atoms with Crippen molar-refractivity contribution in [2.45, 2.75) is 95.3 Å². The van der Waals surface area contributed by atoms with Gasteiger partial charge in [0, 0.05) is 31.3 Å². The second kappa shape index (κ2) is 10.5. The van der Waals surface area contributed by atoms with Crippen LogP contribution in [-0.4, -0.2) is 102 Å². The molecule has 3 heterocycles. The van der Waals surface area contributed by atoms with Crippen LogP contribution in [0, 0.1) is 11.3 Å². The molecule has 5 N–H and O–H groups in total. The number of ether oxygens (including phenoxy) is 5. The van der Waals surface area contributed by atoms with Crippen LogP contribution in [0.15, 0.2) is 12.2 Å². The molecule has 11 nitrogen and oxygen atoms in total. The van der Waals surface area contributed by atoms with Crippen molar-refractivity contribution in [2.24, 2.45) is 11.3 Å². The van der Waals surface area contributed by atoms with E-state index in [1.807, 2.05) is 13.8 Å². The van der Waals surface area contributed by atoms with Crippen molar-refractivity contribution >= 4 is 5.91 Å². The van der Waals surface area contributed by atoms with E-state index in [1.165, 1.54) is 7.11 Å². The molecular weight excluding hydrogens is 450 g/mol. The summed E-state index contributed by atoms with van der Waals surface area (Å²) in [6, 6.07) is 0. The Bertz CT molecular complexity index is 747. The number of hydrogen-bond acceptors (Lipinski definition) is 10. The molecular formula is C23H39NO10. The van der Waals surface area contributed by atoms with Crippen molar-refractivity contribution in [2.75, 3.05) is 20.5 Å². The van der Waals surface area contributed by atoms with Gasteiger partial charge in [-0.25, -0.2) is 0 Å². The summed E-state index contributed by atoms with van der Waals surface area (Å²) >= 11 is 0. The van der Waals surface area contributed by atoms with Crippen LogP contribution in [0.4, 0.5) is 0 Å². The van der Waals surface area contributed by atoms with E-state index in [-0.39, 0.29) is 31.7 Å². The number of nitrogens with one attached hydrogen (secondary N) is 1. The van der Waals surface area contributed by atoms with Crippen LogP contribution < -0.4 is 5.32 Å². The Balaban J connectivity index is 1.76. The summed E-state index contributed by atoms with van der Waals surface area (Å²) < 4.78 is 28.7. The first-order valence-electron chi connectivity index (χ1n) is 11.6. The zero-order chi connectivity index (χ0) is 25.4. The van der Waals surface area contributed by atoms with Gasteiger partial charge in [0.05, 0.1) is 31.0 Å². The van der Waals surface area contributed by atoms with Gasteiger partial charge in [0.2, 0.25) is 5.79 Å². The SMILES string of the molecule is C=C1C[C@](OC)([C@H](O)C(=O)N[C@H]2OCO[C@H]3[C@@H]2O[C@H](C[C@H](O)CO)C(C)(C)[C@@H]3O)O[C@H](C)[C@@H]1C. The standard InChI is InChI=1S/C23H39NO10/c1-11-8-23(30-6,34-13(3)12(11)2)19(28)20(29)24-21-17-16(31-10-32-21)18(27)22(4,5)15(33-17)7-14(26)9-25/h12-19,21,25-28H,1,7-10H2,2-6H3,(H,24,29)/t12-,13-,14+,15-,16+,17+,18-,19-,21+,23-/m1/s1. The molecule has 0 unspecified atom stereocenters. The average Bonchev–Trinajstić information content (AvgIpc) is 2.80. The van der Waals surface area contributed by atoms with Gasteiger partial charge >= 0.3 is 0 Å². The van der Waals surface area contributed by atoms with Gasteiger partial charge in [-0.15, -0.1) is 0 Å². The number of carbonyl (C=O) groups is 1. The largest absolute Gasteiger partial charge is 0.394 e. The number of amides is 1. The predicted molar refractivity (Wildman–Crippen MR) is 118 cm³/mol. The molecule has 3 rings (SSSR count). The molecule has 0 saturated carbocycles. The highest BCUT2D eigenvalue weighted by molar-refractivity contribution is 5.82. The minimum atomic E-state index is -1.70. The van der Waals surface area contributed by atoms with E-state index in [4.69, 9.17) is 23.7 Å². The van der Waals surface area contributed by atoms with E-state index in [1.54, 1.807) is 13.8 Å². The van der Waals surface area contributed by atoms with Crippen LogP contribution in [-0.2, 0) is 28.5 Å². The summed E-state index contributed by atoms with van der Waals surface area (Å²) in [5.41, 5.74) is -0.0209. The van der Waals surface area contributed by atoms with Gasteiger partial charge in [-0.2, -0.15) is 0 Å². The van der Waals surface area contributed by atoms with Crippen molar-refractivity contribution in [1.82, 2.24) is 5.32 Å². The van der Waals surface area contributed by atoms with E-state index in [0.717, 1.165) is 5.57 Å². The summed E-state index contributed by atoms with van der Waals surface area (Å²) in [6.07, 6.45) is -7.36. The maximum atomic E-state index is 13.1. The van der Waals surface area contributed by atoms with E-state index in [9.17, 15) is 25.2 Å². The zero-order valence-corrected chi connectivity index (χ0v) is 20.5. The van der Waals surface area contributed by atoms with E-state index in [0.29, 0.717) is 0 Å². The molecule has 11 heteroatoms. The number of fused-ring (bicyclic) bond motifs is 1. The fraction of sp³-hybridized carbons (Fsp3) is 0.870. The Morgan fingerprint density at radius 1 is 1.26 bits per heavy atom. The van der Waals surface area contributed by atoms with Gasteiger partial charge in [-0.3, -0.25) is 4.79 Å². The Hall–Kier alpha value is -1.15. The fourth-order valence-corrected chi connectivity index (χ4v) is 4.84. The topological polar surface area (TPSA) is 156 Å². The highest BCUT2D eigenvalue weighted by Crippen LogP contribution is 2.42. The van der Waals surface area contributed by atoms with Crippen molar-refractivity contribution < 1.29 is 48.9 Å². The summed E-state index contributed by atoms with van der Waals surface area (Å²) in [6.45, 7) is 10.7. The van der Waals surface area contributed by atoms with Gasteiger partial charge in [0.1, 0.15) is 19.0 Å². The number of rotatable bonds is 7. The first-order valence-corrected chi connectivity index (χ1v) is 11.6. The third kappa shape index (κ3) is 5.04. The van der Waals surface area contributed by atoms with E-state index < -0.39 is 66.6 Å². The smallest absolute Gasteiger partial charge is 0.256 e. The normalized spacial score (nSPS) is 41.9. The van der Waals surface area contributed by atoms with Crippen molar-refractivity contribution in [3.63, 3.8) is 0 Å². The van der Waals surface area contributed by atoms with Crippen LogP contribution in [0.3, 0.4) is 0 Å². The van der Waals surface area contributed by atoms with Crippen LogP contribution in [0.25, 0.3) is 0 Å². The first kappa shape index (κ1) is 27.4. The molecule has 10 atom stereocenters. The maximum Gasteiger partial charge on any atom is 0.256 e. The fourth-order valence-electron chi connectivity index (χ4n) is 4.84.